The van der Waals surface area contributed by atoms with Gasteiger partial charge in [-0.05, 0) is 18.2 Å². The van der Waals surface area contributed by atoms with Crippen molar-refractivity contribution < 1.29 is 4.74 Å². The predicted molar refractivity (Wildman–Crippen MR) is 96.3 cm³/mol. The van der Waals surface area contributed by atoms with Crippen LogP contribution in [0.5, 0.6) is 5.88 Å². The summed E-state index contributed by atoms with van der Waals surface area (Å²) in [5.41, 5.74) is 2.95. The van der Waals surface area contributed by atoms with Gasteiger partial charge in [0, 0.05) is 56.3 Å². The number of methoxy groups -OCH3 is 1. The third kappa shape index (κ3) is 3.06. The Kier molecular flexibility index (Phi) is 4.07. The molecule has 7 nitrogen and oxygen atoms in total. The van der Waals surface area contributed by atoms with Crippen molar-refractivity contribution in [3.8, 4) is 17.1 Å². The number of anilines is 1. The maximum Gasteiger partial charge on any atom is 0.258 e. The molecule has 7 heteroatoms. The van der Waals surface area contributed by atoms with Gasteiger partial charge in [0.1, 0.15) is 5.65 Å². The van der Waals surface area contributed by atoms with E-state index in [1.165, 1.54) is 6.07 Å². The summed E-state index contributed by atoms with van der Waals surface area (Å²) in [5.74, 6) is 0.530. The first kappa shape index (κ1) is 15.6. The molecule has 25 heavy (non-hydrogen) atoms. The maximum atomic E-state index is 12.6. The summed E-state index contributed by atoms with van der Waals surface area (Å²) in [6.45, 7) is 3.77. The van der Waals surface area contributed by atoms with Gasteiger partial charge in [0.25, 0.3) is 5.56 Å². The van der Waals surface area contributed by atoms with E-state index < -0.39 is 0 Å². The number of piperazine rings is 1. The molecular weight excluding hydrogens is 318 g/mol. The van der Waals surface area contributed by atoms with E-state index >= 15 is 0 Å². The van der Waals surface area contributed by atoms with Gasteiger partial charge in [-0.15, -0.1) is 0 Å². The Hall–Kier alpha value is -2.93. The van der Waals surface area contributed by atoms with Crippen LogP contribution in [0.3, 0.4) is 0 Å². The van der Waals surface area contributed by atoms with E-state index in [1.54, 1.807) is 23.8 Å². The first-order valence-corrected chi connectivity index (χ1v) is 8.24. The Morgan fingerprint density at radius 2 is 2.00 bits per heavy atom. The molecule has 0 atom stereocenters. The van der Waals surface area contributed by atoms with Crippen molar-refractivity contribution in [1.29, 1.82) is 0 Å². The van der Waals surface area contributed by atoms with Crippen molar-refractivity contribution in [1.82, 2.24) is 19.7 Å². The Morgan fingerprint density at radius 1 is 1.16 bits per heavy atom. The molecule has 128 valence electrons. The van der Waals surface area contributed by atoms with E-state index in [0.29, 0.717) is 17.2 Å². The van der Waals surface area contributed by atoms with Crippen LogP contribution in [0, 0.1) is 0 Å². The average molecular weight is 337 g/mol. The summed E-state index contributed by atoms with van der Waals surface area (Å²) in [6, 6.07) is 9.05. The number of nitrogens with one attached hydrogen (secondary N) is 1. The SMILES string of the molecule is COc1ccc(-c2cc(=O)n3cc(N4CCNCC4)ccc3n2)cn1. The van der Waals surface area contributed by atoms with Gasteiger partial charge in [-0.2, -0.15) is 0 Å². The first-order chi connectivity index (χ1) is 12.2. The molecule has 3 aromatic heterocycles. The number of aromatic nitrogens is 3. The lowest BCUT2D eigenvalue weighted by Gasteiger charge is -2.29. The summed E-state index contributed by atoms with van der Waals surface area (Å²) < 4.78 is 6.66. The highest BCUT2D eigenvalue weighted by Crippen LogP contribution is 2.19. The Balaban J connectivity index is 1.73. The van der Waals surface area contributed by atoms with Crippen LogP contribution < -0.4 is 20.5 Å². The van der Waals surface area contributed by atoms with Gasteiger partial charge < -0.3 is 15.0 Å². The molecule has 0 bridgehead atoms. The molecule has 0 spiro atoms. The molecule has 0 radical (unpaired) electrons. The van der Waals surface area contributed by atoms with Crippen LogP contribution >= 0.6 is 0 Å². The summed E-state index contributed by atoms with van der Waals surface area (Å²) in [4.78, 5) is 23.6. The van der Waals surface area contributed by atoms with Crippen LogP contribution in [-0.2, 0) is 0 Å². The minimum atomic E-state index is -0.104. The third-order valence-corrected chi connectivity index (χ3v) is 4.37. The van der Waals surface area contributed by atoms with Crippen molar-refractivity contribution in [2.45, 2.75) is 0 Å². The van der Waals surface area contributed by atoms with Gasteiger partial charge in [0.15, 0.2) is 0 Å². The molecule has 1 aliphatic rings. The quantitative estimate of drug-likeness (QED) is 0.774. The third-order valence-electron chi connectivity index (χ3n) is 4.37. The molecule has 1 aliphatic heterocycles. The molecular formula is C18H19N5O2. The zero-order chi connectivity index (χ0) is 17.2. The highest BCUT2D eigenvalue weighted by atomic mass is 16.5. The van der Waals surface area contributed by atoms with Gasteiger partial charge in [0.05, 0.1) is 18.5 Å². The van der Waals surface area contributed by atoms with Gasteiger partial charge in [0.2, 0.25) is 5.88 Å². The lowest BCUT2D eigenvalue weighted by Crippen LogP contribution is -2.43. The van der Waals surface area contributed by atoms with Crippen LogP contribution in [0.2, 0.25) is 0 Å². The lowest BCUT2D eigenvalue weighted by atomic mass is 10.2. The number of hydrogen-bond donors (Lipinski definition) is 1. The van der Waals surface area contributed by atoms with E-state index in [0.717, 1.165) is 37.4 Å². The number of ether oxygens (including phenoxy) is 1. The Morgan fingerprint density at radius 3 is 2.72 bits per heavy atom. The fourth-order valence-corrected chi connectivity index (χ4v) is 3.00. The van der Waals surface area contributed by atoms with E-state index in [4.69, 9.17) is 4.74 Å². The van der Waals surface area contributed by atoms with Crippen LogP contribution in [0.1, 0.15) is 0 Å². The fraction of sp³-hybridized carbons (Fsp3) is 0.278. The zero-order valence-corrected chi connectivity index (χ0v) is 14.0. The molecule has 1 fully saturated rings. The Labute approximate surface area is 144 Å². The minimum Gasteiger partial charge on any atom is -0.481 e. The van der Waals surface area contributed by atoms with Gasteiger partial charge in [-0.3, -0.25) is 9.20 Å². The number of fused-ring (bicyclic) bond motifs is 1. The second-order valence-electron chi connectivity index (χ2n) is 5.92. The standard InChI is InChI=1S/C18H19N5O2/c1-25-17-5-2-13(11-20-17)15-10-18(24)23-12-14(3-4-16(23)21-15)22-8-6-19-7-9-22/h2-5,10-12,19H,6-9H2,1H3. The molecule has 0 amide bonds. The van der Waals surface area contributed by atoms with E-state index in [1.807, 2.05) is 24.4 Å². The Bertz CT molecular complexity index is 946. The van der Waals surface area contributed by atoms with Crippen molar-refractivity contribution in [3.05, 3.63) is 53.1 Å². The second kappa shape index (κ2) is 6.52. The van der Waals surface area contributed by atoms with Gasteiger partial charge in [-0.1, -0.05) is 0 Å². The molecule has 0 unspecified atom stereocenters. The van der Waals surface area contributed by atoms with Crippen molar-refractivity contribution >= 4 is 11.3 Å². The van der Waals surface area contributed by atoms with Crippen molar-refractivity contribution in [3.63, 3.8) is 0 Å². The van der Waals surface area contributed by atoms with E-state index in [2.05, 4.69) is 20.2 Å². The van der Waals surface area contributed by atoms with Gasteiger partial charge in [-0.25, -0.2) is 9.97 Å². The fourth-order valence-electron chi connectivity index (χ4n) is 3.00. The molecule has 4 rings (SSSR count). The number of pyridine rings is 2. The van der Waals surface area contributed by atoms with Crippen LogP contribution in [0.15, 0.2) is 47.5 Å². The minimum absolute atomic E-state index is 0.104. The van der Waals surface area contributed by atoms with E-state index in [-0.39, 0.29) is 5.56 Å². The topological polar surface area (TPSA) is 71.8 Å². The number of hydrogen-bond acceptors (Lipinski definition) is 6. The summed E-state index contributed by atoms with van der Waals surface area (Å²) in [7, 11) is 1.57. The van der Waals surface area contributed by atoms with Crippen LogP contribution in [0.25, 0.3) is 16.9 Å². The van der Waals surface area contributed by atoms with Crippen molar-refractivity contribution in [2.24, 2.45) is 0 Å². The molecule has 1 saturated heterocycles. The normalized spacial score (nSPS) is 14.7. The molecule has 0 aromatic carbocycles. The summed E-state index contributed by atoms with van der Waals surface area (Å²) in [5, 5.41) is 3.33. The molecule has 3 aromatic rings. The maximum absolute atomic E-state index is 12.6. The molecule has 4 heterocycles. The summed E-state index contributed by atoms with van der Waals surface area (Å²) >= 11 is 0. The average Bonchev–Trinajstić information content (AvgIpc) is 2.68. The van der Waals surface area contributed by atoms with Gasteiger partial charge >= 0.3 is 0 Å². The highest BCUT2D eigenvalue weighted by Gasteiger charge is 2.12. The highest BCUT2D eigenvalue weighted by molar-refractivity contribution is 5.62. The van der Waals surface area contributed by atoms with Crippen LogP contribution in [-0.4, -0.2) is 47.7 Å². The first-order valence-electron chi connectivity index (χ1n) is 8.24. The lowest BCUT2D eigenvalue weighted by molar-refractivity contribution is 0.398. The second-order valence-corrected chi connectivity index (χ2v) is 5.92. The largest absolute Gasteiger partial charge is 0.481 e. The molecule has 0 aliphatic carbocycles. The monoisotopic (exact) mass is 337 g/mol. The zero-order valence-electron chi connectivity index (χ0n) is 14.0. The molecule has 1 N–H and O–H groups in total. The van der Waals surface area contributed by atoms with Crippen molar-refractivity contribution in [2.75, 3.05) is 38.2 Å². The summed E-state index contributed by atoms with van der Waals surface area (Å²) in [6.07, 6.45) is 3.53. The predicted octanol–water partition coefficient (Wildman–Crippen LogP) is 1.17. The smallest absolute Gasteiger partial charge is 0.258 e. The number of rotatable bonds is 3. The van der Waals surface area contributed by atoms with E-state index in [9.17, 15) is 4.79 Å². The van der Waals surface area contributed by atoms with Crippen LogP contribution in [0.4, 0.5) is 5.69 Å². The molecule has 0 saturated carbocycles. The number of nitrogens with zero attached hydrogens (tertiary/aromatic N) is 4.